The van der Waals surface area contributed by atoms with Crippen molar-refractivity contribution < 1.29 is 37.0 Å². The molecule has 2 rings (SSSR count). The molecule has 0 spiro atoms. The van der Waals surface area contributed by atoms with Crippen molar-refractivity contribution in [2.45, 2.75) is 25.4 Å². The maximum Gasteiger partial charge on any atom is 0.416 e. The second-order valence-electron chi connectivity index (χ2n) is 6.42. The number of amides is 2. The van der Waals surface area contributed by atoms with Gasteiger partial charge in [-0.3, -0.25) is 14.4 Å². The van der Waals surface area contributed by atoms with Crippen molar-refractivity contribution in [3.05, 3.63) is 54.1 Å². The van der Waals surface area contributed by atoms with Crippen molar-refractivity contribution >= 4 is 29.2 Å². The lowest BCUT2D eigenvalue weighted by Crippen LogP contribution is -2.21. The van der Waals surface area contributed by atoms with Gasteiger partial charge in [0.15, 0.2) is 6.61 Å². The first-order chi connectivity index (χ1) is 14.7. The fraction of sp³-hybridized carbons (Fsp3) is 0.286. The van der Waals surface area contributed by atoms with Crippen LogP contribution in [0.3, 0.4) is 0 Å². The van der Waals surface area contributed by atoms with E-state index in [-0.39, 0.29) is 24.9 Å². The highest BCUT2D eigenvalue weighted by Gasteiger charge is 2.30. The first kappa shape index (κ1) is 23.7. The summed E-state index contributed by atoms with van der Waals surface area (Å²) in [6.45, 7) is -0.494. The molecule has 2 N–H and O–H groups in total. The maximum absolute atomic E-state index is 12.7. The molecular weight excluding hydrogens is 417 g/mol. The van der Waals surface area contributed by atoms with Crippen LogP contribution >= 0.6 is 0 Å². The molecule has 2 aromatic rings. The van der Waals surface area contributed by atoms with Crippen molar-refractivity contribution in [2.24, 2.45) is 0 Å². The molecule has 0 bridgehead atoms. The van der Waals surface area contributed by atoms with E-state index in [1.165, 1.54) is 19.2 Å². The molecule has 7 nitrogen and oxygen atoms in total. The van der Waals surface area contributed by atoms with Crippen LogP contribution in [0.1, 0.15) is 24.8 Å². The largest absolute Gasteiger partial charge is 0.497 e. The number of halogens is 3. The summed E-state index contributed by atoms with van der Waals surface area (Å²) in [4.78, 5) is 35.4. The lowest BCUT2D eigenvalue weighted by Gasteiger charge is -2.10. The molecule has 0 unspecified atom stereocenters. The van der Waals surface area contributed by atoms with Gasteiger partial charge in [-0.25, -0.2) is 0 Å². The number of alkyl halides is 3. The number of methoxy groups -OCH3 is 1. The standard InChI is InChI=1S/C21H21F3N2O5/c1-30-17-8-3-7-16(12-17)26-19(28)13-31-20(29)10-4-9-18(27)25-15-6-2-5-14(11-15)21(22,23)24/h2-3,5-8,11-12H,4,9-10,13H2,1H3,(H,25,27)(H,26,28). The summed E-state index contributed by atoms with van der Waals surface area (Å²) in [7, 11) is 1.49. The predicted octanol–water partition coefficient (Wildman–Crippen LogP) is 4.00. The Labute approximate surface area is 176 Å². The number of benzene rings is 2. The number of rotatable bonds is 9. The summed E-state index contributed by atoms with van der Waals surface area (Å²) in [6.07, 6.45) is -4.62. The predicted molar refractivity (Wildman–Crippen MR) is 107 cm³/mol. The number of esters is 1. The smallest absolute Gasteiger partial charge is 0.416 e. The summed E-state index contributed by atoms with van der Waals surface area (Å²) in [6, 6.07) is 10.9. The zero-order chi connectivity index (χ0) is 22.9. The molecule has 0 radical (unpaired) electrons. The number of nitrogens with one attached hydrogen (secondary N) is 2. The summed E-state index contributed by atoms with van der Waals surface area (Å²) in [5.74, 6) is -1.20. The first-order valence-electron chi connectivity index (χ1n) is 9.24. The molecule has 0 saturated carbocycles. The molecule has 10 heteroatoms. The Balaban J connectivity index is 1.68. The molecule has 0 heterocycles. The monoisotopic (exact) mass is 438 g/mol. The average molecular weight is 438 g/mol. The van der Waals surface area contributed by atoms with E-state index >= 15 is 0 Å². The maximum atomic E-state index is 12.7. The summed E-state index contributed by atoms with van der Waals surface area (Å²) < 4.78 is 47.9. The Morgan fingerprint density at radius 3 is 2.23 bits per heavy atom. The van der Waals surface area contributed by atoms with Gasteiger partial charge in [-0.2, -0.15) is 13.2 Å². The van der Waals surface area contributed by atoms with Gasteiger partial charge in [-0.15, -0.1) is 0 Å². The summed E-state index contributed by atoms with van der Waals surface area (Å²) in [5.41, 5.74) is -0.385. The third-order valence-corrected chi connectivity index (χ3v) is 3.98. The lowest BCUT2D eigenvalue weighted by atomic mass is 10.2. The van der Waals surface area contributed by atoms with E-state index in [0.717, 1.165) is 12.1 Å². The normalized spacial score (nSPS) is 10.8. The van der Waals surface area contributed by atoms with Crippen molar-refractivity contribution in [3.63, 3.8) is 0 Å². The quantitative estimate of drug-likeness (QED) is 0.577. The SMILES string of the molecule is COc1cccc(NC(=O)COC(=O)CCCC(=O)Nc2cccc(C(F)(F)F)c2)c1. The van der Waals surface area contributed by atoms with Gasteiger partial charge in [0.25, 0.3) is 5.91 Å². The lowest BCUT2D eigenvalue weighted by molar-refractivity contribution is -0.147. The Bertz CT molecular complexity index is 931. The summed E-state index contributed by atoms with van der Waals surface area (Å²) in [5, 5.41) is 4.90. The van der Waals surface area contributed by atoms with Crippen LogP contribution in [0.5, 0.6) is 5.75 Å². The van der Waals surface area contributed by atoms with Crippen LogP contribution < -0.4 is 15.4 Å². The third kappa shape index (κ3) is 8.37. The van der Waals surface area contributed by atoms with E-state index in [1.807, 2.05) is 0 Å². The highest BCUT2D eigenvalue weighted by Crippen LogP contribution is 2.30. The van der Waals surface area contributed by atoms with Gasteiger partial charge in [-0.05, 0) is 36.8 Å². The number of carbonyl (C=O) groups excluding carboxylic acids is 3. The molecular formula is C21H21F3N2O5. The molecule has 0 aliphatic rings. The first-order valence-corrected chi connectivity index (χ1v) is 9.24. The number of ether oxygens (including phenoxy) is 2. The average Bonchev–Trinajstić information content (AvgIpc) is 2.72. The molecule has 31 heavy (non-hydrogen) atoms. The van der Waals surface area contributed by atoms with Crippen LogP contribution in [-0.2, 0) is 25.3 Å². The highest BCUT2D eigenvalue weighted by atomic mass is 19.4. The molecule has 0 aliphatic heterocycles. The van der Waals surface area contributed by atoms with Crippen molar-refractivity contribution in [1.82, 2.24) is 0 Å². The van der Waals surface area contributed by atoms with E-state index < -0.39 is 36.1 Å². The number of anilines is 2. The second kappa shape index (κ2) is 11.0. The highest BCUT2D eigenvalue weighted by molar-refractivity contribution is 5.93. The van der Waals surface area contributed by atoms with Crippen molar-refractivity contribution in [2.75, 3.05) is 24.4 Å². The minimum atomic E-state index is -4.51. The van der Waals surface area contributed by atoms with Gasteiger partial charge in [-0.1, -0.05) is 12.1 Å². The molecule has 0 fully saturated rings. The van der Waals surface area contributed by atoms with Gasteiger partial charge in [0.1, 0.15) is 5.75 Å². The molecule has 0 atom stereocenters. The third-order valence-electron chi connectivity index (χ3n) is 3.98. The van der Waals surface area contributed by atoms with Crippen LogP contribution in [-0.4, -0.2) is 31.5 Å². The minimum absolute atomic E-state index is 0.0108. The van der Waals surface area contributed by atoms with E-state index in [0.29, 0.717) is 11.4 Å². The van der Waals surface area contributed by atoms with Gasteiger partial charge < -0.3 is 20.1 Å². The fourth-order valence-corrected chi connectivity index (χ4v) is 2.51. The fourth-order valence-electron chi connectivity index (χ4n) is 2.51. The van der Waals surface area contributed by atoms with Crippen molar-refractivity contribution in [3.8, 4) is 5.75 Å². The second-order valence-corrected chi connectivity index (χ2v) is 6.42. The van der Waals surface area contributed by atoms with Crippen LogP contribution in [0.25, 0.3) is 0 Å². The number of hydrogen-bond donors (Lipinski definition) is 2. The molecule has 2 aromatic carbocycles. The Kier molecular flexibility index (Phi) is 8.42. The summed E-state index contributed by atoms with van der Waals surface area (Å²) >= 11 is 0. The minimum Gasteiger partial charge on any atom is -0.497 e. The molecule has 0 saturated heterocycles. The Morgan fingerprint density at radius 2 is 1.55 bits per heavy atom. The molecule has 2 amide bonds. The Morgan fingerprint density at radius 1 is 0.903 bits per heavy atom. The van der Waals surface area contributed by atoms with E-state index in [2.05, 4.69) is 10.6 Å². The van der Waals surface area contributed by atoms with Crippen LogP contribution in [0.4, 0.5) is 24.5 Å². The number of hydrogen-bond acceptors (Lipinski definition) is 5. The molecule has 166 valence electrons. The van der Waals surface area contributed by atoms with Crippen molar-refractivity contribution in [1.29, 1.82) is 0 Å². The molecule has 0 aromatic heterocycles. The van der Waals surface area contributed by atoms with E-state index in [4.69, 9.17) is 9.47 Å². The van der Waals surface area contributed by atoms with Crippen LogP contribution in [0.2, 0.25) is 0 Å². The zero-order valence-electron chi connectivity index (χ0n) is 16.6. The van der Waals surface area contributed by atoms with Gasteiger partial charge in [0.05, 0.1) is 12.7 Å². The van der Waals surface area contributed by atoms with Crippen LogP contribution in [0, 0.1) is 0 Å². The van der Waals surface area contributed by atoms with Crippen LogP contribution in [0.15, 0.2) is 48.5 Å². The van der Waals surface area contributed by atoms with Gasteiger partial charge in [0.2, 0.25) is 5.91 Å². The Hall–Kier alpha value is -3.56. The zero-order valence-corrected chi connectivity index (χ0v) is 16.6. The van der Waals surface area contributed by atoms with E-state index in [9.17, 15) is 27.6 Å². The van der Waals surface area contributed by atoms with Gasteiger partial charge in [0, 0.05) is 30.3 Å². The van der Waals surface area contributed by atoms with E-state index in [1.54, 1.807) is 24.3 Å². The topological polar surface area (TPSA) is 93.7 Å². The van der Waals surface area contributed by atoms with Gasteiger partial charge >= 0.3 is 12.1 Å². The molecule has 0 aliphatic carbocycles. The number of carbonyl (C=O) groups is 3.